The van der Waals surface area contributed by atoms with E-state index in [1.54, 1.807) is 10.5 Å². The number of piperidine rings is 1. The van der Waals surface area contributed by atoms with E-state index in [0.717, 1.165) is 68.0 Å². The number of fused-ring (bicyclic) bond motifs is 3. The van der Waals surface area contributed by atoms with E-state index in [1.807, 2.05) is 36.0 Å². The summed E-state index contributed by atoms with van der Waals surface area (Å²) in [5, 5.41) is 14.0. The molecule has 6 heterocycles. The van der Waals surface area contributed by atoms with Crippen molar-refractivity contribution in [1.82, 2.24) is 28.9 Å². The molecule has 0 spiro atoms. The van der Waals surface area contributed by atoms with Crippen LogP contribution in [0, 0.1) is 12.8 Å². The predicted octanol–water partition coefficient (Wildman–Crippen LogP) is 2.17. The van der Waals surface area contributed by atoms with Gasteiger partial charge in [-0.1, -0.05) is 6.92 Å². The molecule has 6 rings (SSSR count). The molecule has 0 aliphatic carbocycles. The molecule has 2 unspecified atom stereocenters. The van der Waals surface area contributed by atoms with Gasteiger partial charge in [-0.15, -0.1) is 0 Å². The van der Waals surface area contributed by atoms with Gasteiger partial charge in [0.25, 0.3) is 5.56 Å². The fourth-order valence-corrected chi connectivity index (χ4v) is 5.90. The van der Waals surface area contributed by atoms with E-state index in [1.165, 1.54) is 0 Å². The molecule has 2 aliphatic rings. The van der Waals surface area contributed by atoms with Crippen LogP contribution in [0.2, 0.25) is 0 Å². The summed E-state index contributed by atoms with van der Waals surface area (Å²) < 4.78 is 3.47. The molecule has 35 heavy (non-hydrogen) atoms. The average molecular weight is 474 g/mol. The van der Waals surface area contributed by atoms with Crippen molar-refractivity contribution in [2.24, 2.45) is 5.92 Å². The molecule has 0 aromatic carbocycles. The molecule has 0 radical (unpaired) electrons. The van der Waals surface area contributed by atoms with Gasteiger partial charge in [-0.3, -0.25) is 19.1 Å². The zero-order valence-corrected chi connectivity index (χ0v) is 20.3. The van der Waals surface area contributed by atoms with Crippen molar-refractivity contribution in [2.45, 2.75) is 39.2 Å². The van der Waals surface area contributed by atoms with E-state index in [-0.39, 0.29) is 12.2 Å². The van der Waals surface area contributed by atoms with E-state index in [0.29, 0.717) is 29.0 Å². The summed E-state index contributed by atoms with van der Waals surface area (Å²) in [6.07, 6.45) is 6.87. The molecular weight excluding hydrogens is 442 g/mol. The van der Waals surface area contributed by atoms with Gasteiger partial charge in [-0.05, 0) is 56.8 Å². The highest BCUT2D eigenvalue weighted by Crippen LogP contribution is 2.33. The molecule has 0 bridgehead atoms. The number of aryl methyl sites for hydroxylation is 2. The third kappa shape index (κ3) is 3.88. The Hall–Kier alpha value is -3.30. The van der Waals surface area contributed by atoms with Crippen LogP contribution in [-0.4, -0.2) is 72.8 Å². The van der Waals surface area contributed by atoms with Crippen LogP contribution >= 0.6 is 0 Å². The number of β-amino-alcohol motifs (C(OH)–C–C–N with tert-alkyl or cyclic N) is 1. The lowest BCUT2D eigenvalue weighted by molar-refractivity contribution is 0.158. The van der Waals surface area contributed by atoms with Crippen molar-refractivity contribution in [1.29, 1.82) is 0 Å². The standard InChI is InChI=1S/C26H31N7O2/c1-3-20-24-12-22(29-33(24)14-17(2)27-20)21-13-26(35)32-16-19(4-5-25(32)28-21)31-9-7-23-18(15-31)6-8-30(23)10-11-34/h4-5,12-14,16,18,23,34H,3,6-11,15H2,1-2H3. The summed E-state index contributed by atoms with van der Waals surface area (Å²) in [6.45, 7) is 8.01. The predicted molar refractivity (Wildman–Crippen MR) is 135 cm³/mol. The Morgan fingerprint density at radius 1 is 1.09 bits per heavy atom. The molecular formula is C26H31N7O2. The highest BCUT2D eigenvalue weighted by molar-refractivity contribution is 5.66. The van der Waals surface area contributed by atoms with Gasteiger partial charge >= 0.3 is 0 Å². The van der Waals surface area contributed by atoms with Crippen LogP contribution in [-0.2, 0) is 6.42 Å². The minimum atomic E-state index is -0.112. The van der Waals surface area contributed by atoms with Gasteiger partial charge in [0.2, 0.25) is 0 Å². The quantitative estimate of drug-likeness (QED) is 0.475. The van der Waals surface area contributed by atoms with Crippen LogP contribution in [0.3, 0.4) is 0 Å². The van der Waals surface area contributed by atoms with Gasteiger partial charge in [0.15, 0.2) is 0 Å². The number of aliphatic hydroxyl groups excluding tert-OH is 1. The second kappa shape index (κ2) is 8.73. The Bertz CT molecular complexity index is 1460. The van der Waals surface area contributed by atoms with Crippen LogP contribution in [0.4, 0.5) is 5.69 Å². The van der Waals surface area contributed by atoms with Crippen molar-refractivity contribution < 1.29 is 5.11 Å². The van der Waals surface area contributed by atoms with Crippen molar-refractivity contribution >= 4 is 16.9 Å². The molecule has 9 heteroatoms. The maximum atomic E-state index is 13.1. The smallest absolute Gasteiger partial charge is 0.258 e. The maximum absolute atomic E-state index is 13.1. The largest absolute Gasteiger partial charge is 0.395 e. The lowest BCUT2D eigenvalue weighted by atomic mass is 9.92. The summed E-state index contributed by atoms with van der Waals surface area (Å²) in [5.74, 6) is 0.601. The highest BCUT2D eigenvalue weighted by Gasteiger charge is 2.37. The van der Waals surface area contributed by atoms with E-state index in [4.69, 9.17) is 4.98 Å². The minimum Gasteiger partial charge on any atom is -0.395 e. The summed E-state index contributed by atoms with van der Waals surface area (Å²) in [7, 11) is 0. The van der Waals surface area contributed by atoms with Crippen molar-refractivity contribution in [3.8, 4) is 11.4 Å². The summed E-state index contributed by atoms with van der Waals surface area (Å²) in [6, 6.07) is 8.09. The van der Waals surface area contributed by atoms with Crippen molar-refractivity contribution in [3.63, 3.8) is 0 Å². The van der Waals surface area contributed by atoms with Gasteiger partial charge in [0, 0.05) is 37.9 Å². The van der Waals surface area contributed by atoms with Crippen LogP contribution < -0.4 is 10.5 Å². The SMILES string of the molecule is CCc1nc(C)cn2nc(-c3cc(=O)n4cc(N5CCC6C(CCN6CCO)C5)ccc4n3)cc12. The number of rotatable bonds is 5. The van der Waals surface area contributed by atoms with Crippen LogP contribution in [0.15, 0.2) is 41.5 Å². The monoisotopic (exact) mass is 473 g/mol. The number of pyridine rings is 1. The van der Waals surface area contributed by atoms with Crippen molar-refractivity contribution in [2.75, 3.05) is 37.7 Å². The fourth-order valence-electron chi connectivity index (χ4n) is 5.90. The van der Waals surface area contributed by atoms with E-state index >= 15 is 0 Å². The number of likely N-dealkylation sites (tertiary alicyclic amines) is 1. The summed E-state index contributed by atoms with van der Waals surface area (Å²) in [4.78, 5) is 27.3. The zero-order valence-electron chi connectivity index (χ0n) is 20.3. The summed E-state index contributed by atoms with van der Waals surface area (Å²) in [5.41, 5.74) is 5.63. The van der Waals surface area contributed by atoms with E-state index < -0.39 is 0 Å². The Morgan fingerprint density at radius 3 is 2.80 bits per heavy atom. The fraction of sp³-hybridized carbons (Fsp3) is 0.462. The molecule has 2 fully saturated rings. The Morgan fingerprint density at radius 2 is 1.97 bits per heavy atom. The van der Waals surface area contributed by atoms with E-state index in [2.05, 4.69) is 32.9 Å². The molecule has 2 saturated heterocycles. The average Bonchev–Trinajstić information content (AvgIpc) is 3.47. The Kier molecular flexibility index (Phi) is 5.53. The van der Waals surface area contributed by atoms with Gasteiger partial charge in [0.05, 0.1) is 41.1 Å². The molecule has 4 aromatic rings. The zero-order chi connectivity index (χ0) is 24.1. The Labute approximate surface area is 203 Å². The normalized spacial score (nSPS) is 20.7. The lowest BCUT2D eigenvalue weighted by Crippen LogP contribution is -2.46. The molecule has 2 aliphatic heterocycles. The molecule has 0 saturated carbocycles. The molecule has 9 nitrogen and oxygen atoms in total. The first-order valence-corrected chi connectivity index (χ1v) is 12.5. The van der Waals surface area contributed by atoms with Gasteiger partial charge in [-0.2, -0.15) is 5.10 Å². The number of aromatic nitrogens is 5. The number of hydrogen-bond acceptors (Lipinski definition) is 7. The van der Waals surface area contributed by atoms with Gasteiger partial charge in [-0.25, -0.2) is 9.50 Å². The first-order valence-electron chi connectivity index (χ1n) is 12.5. The number of nitrogens with zero attached hydrogens (tertiary/aromatic N) is 7. The third-order valence-electron chi connectivity index (χ3n) is 7.60. The van der Waals surface area contributed by atoms with Crippen LogP contribution in [0.5, 0.6) is 0 Å². The maximum Gasteiger partial charge on any atom is 0.258 e. The third-order valence-corrected chi connectivity index (χ3v) is 7.60. The minimum absolute atomic E-state index is 0.112. The molecule has 0 amide bonds. The summed E-state index contributed by atoms with van der Waals surface area (Å²) >= 11 is 0. The first kappa shape index (κ1) is 22.2. The molecule has 4 aromatic heterocycles. The molecule has 182 valence electrons. The lowest BCUT2D eigenvalue weighted by Gasteiger charge is -2.39. The first-order chi connectivity index (χ1) is 17.0. The van der Waals surface area contributed by atoms with Crippen LogP contribution in [0.1, 0.15) is 31.2 Å². The second-order valence-corrected chi connectivity index (χ2v) is 9.75. The molecule has 1 N–H and O–H groups in total. The van der Waals surface area contributed by atoms with Gasteiger partial charge in [0.1, 0.15) is 11.3 Å². The second-order valence-electron chi connectivity index (χ2n) is 9.75. The van der Waals surface area contributed by atoms with Crippen molar-refractivity contribution in [3.05, 3.63) is 58.4 Å². The van der Waals surface area contributed by atoms with Gasteiger partial charge < -0.3 is 10.0 Å². The van der Waals surface area contributed by atoms with E-state index in [9.17, 15) is 9.90 Å². The van der Waals surface area contributed by atoms with Crippen LogP contribution in [0.25, 0.3) is 22.6 Å². The highest BCUT2D eigenvalue weighted by atomic mass is 16.3. The number of aliphatic hydroxyl groups is 1. The Balaban J connectivity index is 1.30. The number of anilines is 1. The molecule has 2 atom stereocenters. The topological polar surface area (TPSA) is 91.3 Å². The number of hydrogen-bond donors (Lipinski definition) is 1.